The van der Waals surface area contributed by atoms with Gasteiger partial charge in [-0.2, -0.15) is 4.98 Å². The van der Waals surface area contributed by atoms with E-state index in [-0.39, 0.29) is 5.69 Å². The quantitative estimate of drug-likeness (QED) is 0.810. The van der Waals surface area contributed by atoms with Gasteiger partial charge in [0.25, 0.3) is 0 Å². The van der Waals surface area contributed by atoms with Gasteiger partial charge in [-0.05, 0) is 37.8 Å². The second-order valence-corrected chi connectivity index (χ2v) is 4.97. The second-order valence-electron chi connectivity index (χ2n) is 4.97. The zero-order valence-corrected chi connectivity index (χ0v) is 12.0. The van der Waals surface area contributed by atoms with E-state index in [0.717, 1.165) is 31.5 Å². The molecule has 21 heavy (non-hydrogen) atoms. The highest BCUT2D eigenvalue weighted by molar-refractivity contribution is 5.87. The van der Waals surface area contributed by atoms with Crippen molar-refractivity contribution in [3.63, 3.8) is 0 Å². The molecule has 5 heteroatoms. The van der Waals surface area contributed by atoms with E-state index in [9.17, 15) is 4.79 Å². The van der Waals surface area contributed by atoms with E-state index < -0.39 is 5.97 Å². The highest BCUT2D eigenvalue weighted by atomic mass is 16.5. The molecule has 2 heterocycles. The number of aryl methyl sites for hydroxylation is 1. The van der Waals surface area contributed by atoms with Crippen LogP contribution >= 0.6 is 0 Å². The van der Waals surface area contributed by atoms with Crippen LogP contribution < -0.4 is 4.90 Å². The van der Waals surface area contributed by atoms with Crippen molar-refractivity contribution in [1.29, 1.82) is 0 Å². The highest BCUT2D eigenvalue weighted by Crippen LogP contribution is 2.31. The maximum absolute atomic E-state index is 11.7. The summed E-state index contributed by atoms with van der Waals surface area (Å²) in [4.78, 5) is 18.0. The van der Waals surface area contributed by atoms with Crippen LogP contribution in [0, 0.1) is 0 Å². The summed E-state index contributed by atoms with van der Waals surface area (Å²) in [5, 5.41) is 0. The first-order chi connectivity index (χ1) is 10.3. The third kappa shape index (κ3) is 2.77. The fourth-order valence-electron chi connectivity index (χ4n) is 2.58. The lowest BCUT2D eigenvalue weighted by Crippen LogP contribution is -2.18. The lowest BCUT2D eigenvalue weighted by molar-refractivity contribution is 0.0519. The highest BCUT2D eigenvalue weighted by Gasteiger charge is 2.22. The average molecular weight is 286 g/mol. The van der Waals surface area contributed by atoms with E-state index in [2.05, 4.69) is 17.1 Å². The normalized spacial score (nSPS) is 14.4. The van der Waals surface area contributed by atoms with Crippen LogP contribution in [0.2, 0.25) is 0 Å². The molecule has 0 atom stereocenters. The molecule has 0 radical (unpaired) electrons. The van der Waals surface area contributed by atoms with Gasteiger partial charge < -0.3 is 9.15 Å². The molecule has 0 fully saturated rings. The van der Waals surface area contributed by atoms with Gasteiger partial charge in [-0.1, -0.05) is 18.2 Å². The molecule has 0 bridgehead atoms. The van der Waals surface area contributed by atoms with Gasteiger partial charge in [0.15, 0.2) is 5.69 Å². The summed E-state index contributed by atoms with van der Waals surface area (Å²) in [6.07, 6.45) is 4.61. The number of hydrogen-bond acceptors (Lipinski definition) is 5. The van der Waals surface area contributed by atoms with Gasteiger partial charge in [0.1, 0.15) is 6.26 Å². The van der Waals surface area contributed by atoms with Gasteiger partial charge in [0.05, 0.1) is 6.61 Å². The zero-order valence-electron chi connectivity index (χ0n) is 12.0. The number of hydrogen-bond donors (Lipinski definition) is 0. The van der Waals surface area contributed by atoms with Crippen LogP contribution in [0.4, 0.5) is 11.7 Å². The Labute approximate surface area is 123 Å². The van der Waals surface area contributed by atoms with Crippen molar-refractivity contribution >= 4 is 17.7 Å². The van der Waals surface area contributed by atoms with E-state index in [1.807, 2.05) is 17.0 Å². The summed E-state index contributed by atoms with van der Waals surface area (Å²) in [6.45, 7) is 2.93. The van der Waals surface area contributed by atoms with Gasteiger partial charge in [-0.15, -0.1) is 0 Å². The summed E-state index contributed by atoms with van der Waals surface area (Å²) in [5.41, 5.74) is 2.60. The van der Waals surface area contributed by atoms with Crippen LogP contribution in [0.3, 0.4) is 0 Å². The number of fused-ring (bicyclic) bond motifs is 1. The largest absolute Gasteiger partial charge is 0.461 e. The molecule has 2 aromatic rings. The second kappa shape index (κ2) is 5.99. The molecular weight excluding hydrogens is 268 g/mol. The van der Waals surface area contributed by atoms with Crippen molar-refractivity contribution in [3.8, 4) is 0 Å². The Bertz CT molecular complexity index is 636. The minimum absolute atomic E-state index is 0.216. The third-order valence-corrected chi connectivity index (χ3v) is 3.57. The Morgan fingerprint density at radius 1 is 1.38 bits per heavy atom. The SMILES string of the molecule is CCOC(=O)c1coc(N2CCCCc3ccccc32)n1. The van der Waals surface area contributed by atoms with Crippen LogP contribution in [0.5, 0.6) is 0 Å². The van der Waals surface area contributed by atoms with E-state index in [4.69, 9.17) is 9.15 Å². The van der Waals surface area contributed by atoms with E-state index in [1.54, 1.807) is 6.92 Å². The average Bonchev–Trinajstić information content (AvgIpc) is 2.89. The van der Waals surface area contributed by atoms with Crippen molar-refractivity contribution in [2.45, 2.75) is 26.2 Å². The van der Waals surface area contributed by atoms with Crippen molar-refractivity contribution in [3.05, 3.63) is 41.8 Å². The first-order valence-electron chi connectivity index (χ1n) is 7.27. The zero-order chi connectivity index (χ0) is 14.7. The van der Waals surface area contributed by atoms with Gasteiger partial charge in [0.2, 0.25) is 0 Å². The number of para-hydroxylation sites is 1. The third-order valence-electron chi connectivity index (χ3n) is 3.57. The first kappa shape index (κ1) is 13.7. The van der Waals surface area contributed by atoms with Gasteiger partial charge in [-0.25, -0.2) is 4.79 Å². The number of oxazole rings is 1. The number of aromatic nitrogens is 1. The van der Waals surface area contributed by atoms with Gasteiger partial charge in [0, 0.05) is 12.2 Å². The lowest BCUT2D eigenvalue weighted by atomic mass is 10.1. The van der Waals surface area contributed by atoms with Crippen LogP contribution in [-0.4, -0.2) is 24.1 Å². The number of carbonyl (C=O) groups excluding carboxylic acids is 1. The summed E-state index contributed by atoms with van der Waals surface area (Å²) >= 11 is 0. The molecule has 0 amide bonds. The number of esters is 1. The number of benzene rings is 1. The summed E-state index contributed by atoms with van der Waals surface area (Å²) in [6, 6.07) is 8.69. The smallest absolute Gasteiger partial charge is 0.360 e. The Morgan fingerprint density at radius 3 is 3.10 bits per heavy atom. The predicted molar refractivity (Wildman–Crippen MR) is 78.8 cm³/mol. The van der Waals surface area contributed by atoms with Gasteiger partial charge >= 0.3 is 12.0 Å². The molecule has 0 unspecified atom stereocenters. The van der Waals surface area contributed by atoms with Crippen LogP contribution in [-0.2, 0) is 11.2 Å². The summed E-state index contributed by atoms with van der Waals surface area (Å²) < 4.78 is 10.4. The Balaban J connectivity index is 1.91. The number of ether oxygens (including phenoxy) is 1. The molecule has 0 spiro atoms. The van der Waals surface area contributed by atoms with Gasteiger partial charge in [-0.3, -0.25) is 4.90 Å². The lowest BCUT2D eigenvalue weighted by Gasteiger charge is -2.20. The maximum Gasteiger partial charge on any atom is 0.360 e. The molecule has 0 saturated heterocycles. The van der Waals surface area contributed by atoms with E-state index >= 15 is 0 Å². The number of rotatable bonds is 3. The fourth-order valence-corrected chi connectivity index (χ4v) is 2.58. The molecule has 0 aliphatic carbocycles. The molecule has 5 nitrogen and oxygen atoms in total. The van der Waals surface area contributed by atoms with Crippen LogP contribution in [0.25, 0.3) is 0 Å². The standard InChI is InChI=1S/C16H18N2O3/c1-2-20-15(19)13-11-21-16(17-13)18-10-6-5-8-12-7-3-4-9-14(12)18/h3-4,7,9,11H,2,5-6,8,10H2,1H3. The van der Waals surface area contributed by atoms with Crippen molar-refractivity contribution in [2.75, 3.05) is 18.1 Å². The molecular formula is C16H18N2O3. The minimum Gasteiger partial charge on any atom is -0.461 e. The summed E-state index contributed by atoms with van der Waals surface area (Å²) in [5.74, 6) is -0.449. The van der Waals surface area contributed by atoms with Crippen molar-refractivity contribution in [1.82, 2.24) is 4.98 Å². The molecule has 1 aliphatic heterocycles. The minimum atomic E-state index is -0.449. The molecule has 0 N–H and O–H groups in total. The van der Waals surface area contributed by atoms with E-state index in [0.29, 0.717) is 12.6 Å². The Kier molecular flexibility index (Phi) is 3.90. The molecule has 1 aromatic heterocycles. The van der Waals surface area contributed by atoms with Crippen molar-refractivity contribution in [2.24, 2.45) is 0 Å². The molecule has 0 saturated carbocycles. The van der Waals surface area contributed by atoms with E-state index in [1.165, 1.54) is 11.8 Å². The number of carbonyl (C=O) groups is 1. The summed E-state index contributed by atoms with van der Waals surface area (Å²) in [7, 11) is 0. The van der Waals surface area contributed by atoms with Crippen LogP contribution in [0.15, 0.2) is 34.9 Å². The number of anilines is 2. The first-order valence-corrected chi connectivity index (χ1v) is 7.27. The molecule has 110 valence electrons. The Hall–Kier alpha value is -2.30. The van der Waals surface area contributed by atoms with Crippen molar-refractivity contribution < 1.29 is 13.9 Å². The van der Waals surface area contributed by atoms with Crippen LogP contribution in [0.1, 0.15) is 35.8 Å². The predicted octanol–water partition coefficient (Wildman–Crippen LogP) is 3.33. The Morgan fingerprint density at radius 2 is 2.24 bits per heavy atom. The fraction of sp³-hybridized carbons (Fsp3) is 0.375. The molecule has 1 aliphatic rings. The topological polar surface area (TPSA) is 55.6 Å². The monoisotopic (exact) mass is 286 g/mol. The molecule has 1 aromatic carbocycles. The molecule has 3 rings (SSSR count). The maximum atomic E-state index is 11.7. The number of nitrogens with zero attached hydrogens (tertiary/aromatic N) is 2.